The lowest BCUT2D eigenvalue weighted by Gasteiger charge is -2.31. The Kier molecular flexibility index (Phi) is 5.46. The minimum Gasteiger partial charge on any atom is -0.507 e. The van der Waals surface area contributed by atoms with E-state index in [1.165, 1.54) is 16.9 Å². The van der Waals surface area contributed by atoms with E-state index in [1.807, 2.05) is 30.3 Å². The molecule has 7 heteroatoms. The van der Waals surface area contributed by atoms with Gasteiger partial charge in [0.05, 0.1) is 23.4 Å². The summed E-state index contributed by atoms with van der Waals surface area (Å²) in [6, 6.07) is 21.2. The molecule has 174 valence electrons. The van der Waals surface area contributed by atoms with E-state index in [2.05, 4.69) is 34.1 Å². The molecular formula is C28H21BrN2O3S. The molecule has 6 rings (SSSR count). The number of methoxy groups -OCH3 is 1. The fourth-order valence-corrected chi connectivity index (χ4v) is 6.29. The molecule has 0 saturated heterocycles. The van der Waals surface area contributed by atoms with Crippen LogP contribution >= 0.6 is 27.3 Å². The molecule has 1 aliphatic heterocycles. The molecule has 1 aliphatic carbocycles. The molecule has 5 nitrogen and oxygen atoms in total. The third-order valence-electron chi connectivity index (χ3n) is 6.56. The third-order valence-corrected chi connectivity index (χ3v) is 8.03. The van der Waals surface area contributed by atoms with Gasteiger partial charge in [0.15, 0.2) is 4.80 Å². The van der Waals surface area contributed by atoms with Gasteiger partial charge in [-0.1, -0.05) is 63.7 Å². The topological polar surface area (TPSA) is 63.8 Å². The van der Waals surface area contributed by atoms with Crippen molar-refractivity contribution in [3.63, 3.8) is 0 Å². The van der Waals surface area contributed by atoms with Crippen molar-refractivity contribution >= 4 is 39.0 Å². The number of fused-ring (bicyclic) bond motifs is 3. The number of nitrogens with zero attached hydrogens (tertiary/aromatic N) is 2. The molecule has 3 aromatic carbocycles. The number of phenols is 1. The first-order chi connectivity index (χ1) is 17.0. The Morgan fingerprint density at radius 1 is 1.11 bits per heavy atom. The van der Waals surface area contributed by atoms with Gasteiger partial charge in [0.25, 0.3) is 5.56 Å². The molecular weight excluding hydrogens is 524 g/mol. The van der Waals surface area contributed by atoms with E-state index in [-0.39, 0.29) is 17.4 Å². The highest BCUT2D eigenvalue weighted by Crippen LogP contribution is 2.41. The normalized spacial score (nSPS) is 16.9. The van der Waals surface area contributed by atoms with Crippen LogP contribution < -0.4 is 19.6 Å². The quantitative estimate of drug-likeness (QED) is 0.403. The number of halogens is 1. The van der Waals surface area contributed by atoms with Crippen LogP contribution in [0.5, 0.6) is 11.5 Å². The average Bonchev–Trinajstić information content (AvgIpc) is 3.19. The van der Waals surface area contributed by atoms with Crippen LogP contribution in [-0.2, 0) is 6.42 Å². The summed E-state index contributed by atoms with van der Waals surface area (Å²) in [7, 11) is 1.65. The first-order valence-corrected chi connectivity index (χ1v) is 12.9. The van der Waals surface area contributed by atoms with Crippen LogP contribution in [0, 0.1) is 0 Å². The largest absolute Gasteiger partial charge is 0.507 e. The first-order valence-electron chi connectivity index (χ1n) is 11.3. The second kappa shape index (κ2) is 8.66. The first kappa shape index (κ1) is 22.1. The van der Waals surface area contributed by atoms with Gasteiger partial charge in [-0.25, -0.2) is 4.99 Å². The molecule has 0 radical (unpaired) electrons. The molecule has 1 atom stereocenters. The number of ether oxygens (including phenoxy) is 1. The Labute approximate surface area is 214 Å². The monoisotopic (exact) mass is 544 g/mol. The van der Waals surface area contributed by atoms with Gasteiger partial charge in [-0.2, -0.15) is 0 Å². The SMILES string of the molecule is COc1cccc([C@@H]2C3=C(N=c4s/c(=C\c5cc(Br)ccc5O)c(=O)n42)c2ccccc2CC3)c1. The number of phenolic OH excluding ortho intramolecular Hbond substituents is 1. The molecule has 35 heavy (non-hydrogen) atoms. The zero-order chi connectivity index (χ0) is 24.1. The minimum absolute atomic E-state index is 0.119. The molecule has 2 aliphatic rings. The molecule has 0 fully saturated rings. The van der Waals surface area contributed by atoms with Crippen LogP contribution in [0.1, 0.15) is 34.7 Å². The molecule has 0 amide bonds. The van der Waals surface area contributed by atoms with Crippen LogP contribution in [0.4, 0.5) is 0 Å². The highest BCUT2D eigenvalue weighted by molar-refractivity contribution is 9.10. The minimum atomic E-state index is -0.275. The standard InChI is InChI=1S/C28H21BrN2O3S/c1-34-20-7-4-6-17(14-20)26-22-11-9-16-5-2-3-8-21(16)25(22)30-28-31(26)27(33)24(35-28)15-18-13-19(29)10-12-23(18)32/h2-8,10,12-15,26,32H,9,11H2,1H3/b24-15-/t26-/m1/s1. The van der Waals surface area contributed by atoms with E-state index < -0.39 is 0 Å². The van der Waals surface area contributed by atoms with Crippen LogP contribution in [0.15, 0.2) is 86.6 Å². The van der Waals surface area contributed by atoms with E-state index >= 15 is 0 Å². The number of hydrogen-bond acceptors (Lipinski definition) is 5. The molecule has 1 N–H and O–H groups in total. The van der Waals surface area contributed by atoms with E-state index in [0.29, 0.717) is 14.9 Å². The second-order valence-corrected chi connectivity index (χ2v) is 10.5. The maximum Gasteiger partial charge on any atom is 0.271 e. The zero-order valence-corrected chi connectivity index (χ0v) is 21.3. The Bertz CT molecular complexity index is 1700. The third kappa shape index (κ3) is 3.75. The molecule has 1 aromatic heterocycles. The smallest absolute Gasteiger partial charge is 0.271 e. The van der Waals surface area contributed by atoms with Gasteiger partial charge in [0.2, 0.25) is 0 Å². The van der Waals surface area contributed by atoms with Gasteiger partial charge >= 0.3 is 0 Å². The predicted molar refractivity (Wildman–Crippen MR) is 142 cm³/mol. The van der Waals surface area contributed by atoms with Crippen molar-refractivity contribution in [3.8, 4) is 11.5 Å². The number of aryl methyl sites for hydroxylation is 1. The predicted octanol–water partition coefficient (Wildman–Crippen LogP) is 4.80. The molecule has 0 spiro atoms. The van der Waals surface area contributed by atoms with Gasteiger partial charge in [0.1, 0.15) is 11.5 Å². The maximum absolute atomic E-state index is 13.8. The number of aromatic nitrogens is 1. The van der Waals surface area contributed by atoms with E-state index in [0.717, 1.165) is 45.5 Å². The van der Waals surface area contributed by atoms with Crippen molar-refractivity contribution in [2.75, 3.05) is 7.11 Å². The molecule has 2 heterocycles. The summed E-state index contributed by atoms with van der Waals surface area (Å²) in [6.45, 7) is 0. The Hall–Kier alpha value is -3.42. The van der Waals surface area contributed by atoms with Crippen LogP contribution in [0.3, 0.4) is 0 Å². The van der Waals surface area contributed by atoms with Crippen molar-refractivity contribution < 1.29 is 9.84 Å². The fourth-order valence-electron chi connectivity index (χ4n) is 4.92. The van der Waals surface area contributed by atoms with Crippen LogP contribution in [0.2, 0.25) is 0 Å². The Morgan fingerprint density at radius 2 is 1.97 bits per heavy atom. The fraction of sp³-hybridized carbons (Fsp3) is 0.143. The summed E-state index contributed by atoms with van der Waals surface area (Å²) in [5.74, 6) is 0.871. The lowest BCUT2D eigenvalue weighted by Crippen LogP contribution is -2.38. The number of benzene rings is 3. The van der Waals surface area contributed by atoms with Gasteiger partial charge in [-0.15, -0.1) is 0 Å². The summed E-state index contributed by atoms with van der Waals surface area (Å²) in [5.41, 5.74) is 5.95. The lowest BCUT2D eigenvalue weighted by molar-refractivity contribution is 0.413. The number of rotatable bonds is 3. The van der Waals surface area contributed by atoms with Crippen molar-refractivity contribution in [2.24, 2.45) is 4.99 Å². The number of aromatic hydroxyl groups is 1. The second-order valence-electron chi connectivity index (χ2n) is 8.59. The lowest BCUT2D eigenvalue weighted by atomic mass is 9.83. The molecule has 0 unspecified atom stereocenters. The number of hydrogen-bond donors (Lipinski definition) is 1. The van der Waals surface area contributed by atoms with Crippen molar-refractivity contribution in [2.45, 2.75) is 18.9 Å². The van der Waals surface area contributed by atoms with Gasteiger partial charge in [-0.05, 0) is 65.9 Å². The zero-order valence-electron chi connectivity index (χ0n) is 18.9. The molecule has 0 bridgehead atoms. The highest BCUT2D eigenvalue weighted by atomic mass is 79.9. The number of thiazole rings is 1. The summed E-state index contributed by atoms with van der Waals surface area (Å²) >= 11 is 4.79. The van der Waals surface area contributed by atoms with E-state index in [9.17, 15) is 9.90 Å². The Balaban J connectivity index is 1.64. The Morgan fingerprint density at radius 3 is 2.83 bits per heavy atom. The van der Waals surface area contributed by atoms with Gasteiger partial charge in [0, 0.05) is 15.6 Å². The van der Waals surface area contributed by atoms with Crippen molar-refractivity contribution in [1.82, 2.24) is 4.57 Å². The van der Waals surface area contributed by atoms with Gasteiger partial charge in [-0.3, -0.25) is 9.36 Å². The van der Waals surface area contributed by atoms with Crippen molar-refractivity contribution in [1.29, 1.82) is 0 Å². The molecule has 0 saturated carbocycles. The highest BCUT2D eigenvalue weighted by Gasteiger charge is 2.32. The molecule has 4 aromatic rings. The van der Waals surface area contributed by atoms with Crippen LogP contribution in [0.25, 0.3) is 11.8 Å². The van der Waals surface area contributed by atoms with E-state index in [1.54, 1.807) is 36.0 Å². The number of allylic oxidation sites excluding steroid dienone is 1. The summed E-state index contributed by atoms with van der Waals surface area (Å²) in [6.07, 6.45) is 3.47. The summed E-state index contributed by atoms with van der Waals surface area (Å²) in [4.78, 5) is 19.5. The summed E-state index contributed by atoms with van der Waals surface area (Å²) < 4.78 is 8.66. The van der Waals surface area contributed by atoms with Gasteiger partial charge < -0.3 is 9.84 Å². The van der Waals surface area contributed by atoms with Crippen LogP contribution in [-0.4, -0.2) is 16.8 Å². The summed E-state index contributed by atoms with van der Waals surface area (Å²) in [5, 5.41) is 10.4. The average molecular weight is 545 g/mol. The maximum atomic E-state index is 13.8. The van der Waals surface area contributed by atoms with Crippen molar-refractivity contribution in [3.05, 3.63) is 119 Å². The van der Waals surface area contributed by atoms with E-state index in [4.69, 9.17) is 9.73 Å².